The number of nitrogens with zero attached hydrogens (tertiary/aromatic N) is 1. The van der Waals surface area contributed by atoms with Crippen LogP contribution in [-0.2, 0) is 6.42 Å². The highest BCUT2D eigenvalue weighted by atomic mass is 32.1. The summed E-state index contributed by atoms with van der Waals surface area (Å²) in [7, 11) is 0. The largest absolute Gasteiger partial charge is 0.469 e. The predicted octanol–water partition coefficient (Wildman–Crippen LogP) is 4.27. The molecule has 3 aromatic rings. The molecule has 0 unspecified atom stereocenters. The molecule has 2 N–H and O–H groups in total. The zero-order valence-electron chi connectivity index (χ0n) is 14.8. The van der Waals surface area contributed by atoms with Crippen molar-refractivity contribution in [2.45, 2.75) is 6.42 Å². The third-order valence-corrected chi connectivity index (χ3v) is 4.32. The molecule has 6 nitrogen and oxygen atoms in total. The Bertz CT molecular complexity index is 946. The second-order valence-electron chi connectivity index (χ2n) is 5.85. The van der Waals surface area contributed by atoms with E-state index in [-0.39, 0.29) is 5.56 Å². The summed E-state index contributed by atoms with van der Waals surface area (Å²) in [6.45, 7) is 0.403. The van der Waals surface area contributed by atoms with Gasteiger partial charge in [0.1, 0.15) is 11.6 Å². The summed E-state index contributed by atoms with van der Waals surface area (Å²) in [5, 5.41) is 5.34. The zero-order valence-corrected chi connectivity index (χ0v) is 15.7. The minimum Gasteiger partial charge on any atom is -0.469 e. The molecule has 0 aliphatic rings. The van der Waals surface area contributed by atoms with E-state index in [1.165, 1.54) is 18.2 Å². The Morgan fingerprint density at radius 3 is 2.46 bits per heavy atom. The number of hydrogen-bond acceptors (Lipinski definition) is 4. The van der Waals surface area contributed by atoms with Crippen molar-refractivity contribution in [1.82, 2.24) is 5.32 Å². The highest BCUT2D eigenvalue weighted by molar-refractivity contribution is 7.82. The van der Waals surface area contributed by atoms with Crippen molar-refractivity contribution in [2.24, 2.45) is 0 Å². The first-order valence-corrected chi connectivity index (χ1v) is 8.90. The van der Waals surface area contributed by atoms with Crippen molar-refractivity contribution in [3.63, 3.8) is 0 Å². The van der Waals surface area contributed by atoms with Crippen molar-refractivity contribution < 1.29 is 18.4 Å². The molecular formula is C20H18FN3O3S. The molecule has 0 fully saturated rings. The predicted molar refractivity (Wildman–Crippen MR) is 108 cm³/mol. The second kappa shape index (κ2) is 9.09. The standard InChI is InChI=1S/C20H18FN3O3S/c21-18-6-2-1-5-17(18)19(25)23-14-7-9-15(10-8-14)24(28)20(26)22-12-11-16-4-3-13-27-16/h1-10,13,28H,11-12H2,(H,22,26)(H,23,25). The highest BCUT2D eigenvalue weighted by Crippen LogP contribution is 2.20. The number of halogens is 1. The van der Waals surface area contributed by atoms with Gasteiger partial charge in [-0.3, -0.25) is 4.79 Å². The van der Waals surface area contributed by atoms with Crippen molar-refractivity contribution >= 4 is 36.1 Å². The van der Waals surface area contributed by atoms with Crippen molar-refractivity contribution in [3.8, 4) is 0 Å². The number of benzene rings is 2. The summed E-state index contributed by atoms with van der Waals surface area (Å²) in [4.78, 5) is 24.3. The number of carbonyl (C=O) groups excluding carboxylic acids is 2. The van der Waals surface area contributed by atoms with Gasteiger partial charge in [-0.2, -0.15) is 0 Å². The minimum absolute atomic E-state index is 0.0432. The number of urea groups is 1. The summed E-state index contributed by atoms with van der Waals surface area (Å²) < 4.78 is 20.0. The van der Waals surface area contributed by atoms with Crippen LogP contribution in [-0.4, -0.2) is 18.5 Å². The molecule has 28 heavy (non-hydrogen) atoms. The summed E-state index contributed by atoms with van der Waals surface area (Å²) in [6, 6.07) is 15.4. The van der Waals surface area contributed by atoms with Crippen LogP contribution in [0.2, 0.25) is 0 Å². The van der Waals surface area contributed by atoms with E-state index < -0.39 is 17.8 Å². The van der Waals surface area contributed by atoms with E-state index in [0.717, 1.165) is 10.1 Å². The van der Waals surface area contributed by atoms with Gasteiger partial charge in [0.2, 0.25) is 0 Å². The molecule has 0 saturated heterocycles. The Labute approximate surface area is 166 Å². The fourth-order valence-corrected chi connectivity index (χ4v) is 2.67. The number of carbonyl (C=O) groups is 2. The lowest BCUT2D eigenvalue weighted by Crippen LogP contribution is -2.35. The Morgan fingerprint density at radius 2 is 1.79 bits per heavy atom. The Balaban J connectivity index is 1.54. The van der Waals surface area contributed by atoms with E-state index in [1.807, 2.05) is 6.07 Å². The van der Waals surface area contributed by atoms with Crippen LogP contribution in [0.1, 0.15) is 16.1 Å². The average Bonchev–Trinajstić information content (AvgIpc) is 3.21. The number of furan rings is 1. The van der Waals surface area contributed by atoms with Crippen LogP contribution >= 0.6 is 12.8 Å². The van der Waals surface area contributed by atoms with E-state index in [2.05, 4.69) is 23.4 Å². The summed E-state index contributed by atoms with van der Waals surface area (Å²) in [5.74, 6) is -0.366. The smallest absolute Gasteiger partial charge is 0.331 e. The van der Waals surface area contributed by atoms with Gasteiger partial charge >= 0.3 is 6.03 Å². The van der Waals surface area contributed by atoms with E-state index in [0.29, 0.717) is 24.3 Å². The molecular weight excluding hydrogens is 381 g/mol. The number of rotatable bonds is 6. The summed E-state index contributed by atoms with van der Waals surface area (Å²) in [6.07, 6.45) is 2.15. The maximum absolute atomic E-state index is 13.7. The quantitative estimate of drug-likeness (QED) is 0.542. The van der Waals surface area contributed by atoms with E-state index in [9.17, 15) is 14.0 Å². The monoisotopic (exact) mass is 399 g/mol. The number of amides is 3. The number of nitrogens with one attached hydrogen (secondary N) is 2. The Morgan fingerprint density at radius 1 is 1.04 bits per heavy atom. The van der Waals surface area contributed by atoms with Gasteiger partial charge in [0, 0.05) is 18.7 Å². The lowest BCUT2D eigenvalue weighted by atomic mass is 10.2. The van der Waals surface area contributed by atoms with Gasteiger partial charge in [0.05, 0.1) is 17.5 Å². The van der Waals surface area contributed by atoms with Crippen LogP contribution in [0.15, 0.2) is 71.3 Å². The van der Waals surface area contributed by atoms with Gasteiger partial charge < -0.3 is 15.1 Å². The van der Waals surface area contributed by atoms with Gasteiger partial charge in [0.15, 0.2) is 0 Å². The molecule has 144 valence electrons. The van der Waals surface area contributed by atoms with Gasteiger partial charge in [-0.05, 0) is 48.5 Å². The third-order valence-electron chi connectivity index (χ3n) is 3.91. The molecule has 8 heteroatoms. The van der Waals surface area contributed by atoms with Crippen LogP contribution in [0, 0.1) is 5.82 Å². The molecule has 0 aliphatic carbocycles. The van der Waals surface area contributed by atoms with Gasteiger partial charge in [-0.15, -0.1) is 0 Å². The van der Waals surface area contributed by atoms with Crippen molar-refractivity contribution in [2.75, 3.05) is 16.2 Å². The molecule has 0 bridgehead atoms. The maximum atomic E-state index is 13.7. The molecule has 0 atom stereocenters. The van der Waals surface area contributed by atoms with Crippen LogP contribution < -0.4 is 14.9 Å². The molecule has 2 aromatic carbocycles. The first-order valence-electron chi connectivity index (χ1n) is 8.50. The van der Waals surface area contributed by atoms with Gasteiger partial charge in [0.25, 0.3) is 5.91 Å². The molecule has 1 heterocycles. The average molecular weight is 399 g/mol. The maximum Gasteiger partial charge on any atom is 0.331 e. The Kier molecular flexibility index (Phi) is 6.33. The van der Waals surface area contributed by atoms with E-state index >= 15 is 0 Å². The molecule has 3 amide bonds. The zero-order chi connectivity index (χ0) is 19.9. The fraction of sp³-hybridized carbons (Fsp3) is 0.100. The normalized spacial score (nSPS) is 10.4. The minimum atomic E-state index is -0.593. The van der Waals surface area contributed by atoms with Crippen LogP contribution in [0.4, 0.5) is 20.6 Å². The summed E-state index contributed by atoms with van der Waals surface area (Å²) in [5.41, 5.74) is 0.943. The molecule has 3 rings (SSSR count). The number of hydrogen-bond donors (Lipinski definition) is 3. The first-order chi connectivity index (χ1) is 13.5. The molecule has 0 aliphatic heterocycles. The van der Waals surface area contributed by atoms with Crippen LogP contribution in [0.5, 0.6) is 0 Å². The van der Waals surface area contributed by atoms with Gasteiger partial charge in [-0.25, -0.2) is 13.5 Å². The second-order valence-corrected chi connectivity index (χ2v) is 6.25. The number of anilines is 2. The number of thiol groups is 1. The molecule has 0 spiro atoms. The molecule has 1 aromatic heterocycles. The molecule has 0 radical (unpaired) electrons. The molecule has 0 saturated carbocycles. The lowest BCUT2D eigenvalue weighted by Gasteiger charge is -2.17. The third kappa shape index (κ3) is 4.92. The van der Waals surface area contributed by atoms with Crippen molar-refractivity contribution in [1.29, 1.82) is 0 Å². The van der Waals surface area contributed by atoms with Crippen LogP contribution in [0.25, 0.3) is 0 Å². The van der Waals surface area contributed by atoms with Crippen molar-refractivity contribution in [3.05, 3.63) is 84.1 Å². The SMILES string of the molecule is O=C(Nc1ccc(N(S)C(=O)NCCc2ccco2)cc1)c1ccccc1F. The topological polar surface area (TPSA) is 74.6 Å². The highest BCUT2D eigenvalue weighted by Gasteiger charge is 2.13. The van der Waals surface area contributed by atoms with E-state index in [1.54, 1.807) is 42.7 Å². The van der Waals surface area contributed by atoms with Crippen LogP contribution in [0.3, 0.4) is 0 Å². The lowest BCUT2D eigenvalue weighted by molar-refractivity contribution is 0.102. The first kappa shape index (κ1) is 19.5. The Hall–Kier alpha value is -3.26. The fourth-order valence-electron chi connectivity index (χ4n) is 2.47. The van der Waals surface area contributed by atoms with E-state index in [4.69, 9.17) is 4.42 Å². The van der Waals surface area contributed by atoms with Gasteiger partial charge in [-0.1, -0.05) is 24.9 Å². The summed E-state index contributed by atoms with van der Waals surface area (Å²) >= 11 is 4.20.